The monoisotopic (exact) mass is 355 g/mol. The van der Waals surface area contributed by atoms with Gasteiger partial charge in [-0.2, -0.15) is 5.10 Å². The number of rotatable bonds is 6. The predicted octanol–water partition coefficient (Wildman–Crippen LogP) is 2.77. The van der Waals surface area contributed by atoms with E-state index in [2.05, 4.69) is 27.9 Å². The quantitative estimate of drug-likeness (QED) is 0.797. The molecule has 0 N–H and O–H groups in total. The van der Waals surface area contributed by atoms with Crippen molar-refractivity contribution in [3.63, 3.8) is 0 Å². The lowest BCUT2D eigenvalue weighted by Crippen LogP contribution is -2.38. The van der Waals surface area contributed by atoms with Gasteiger partial charge in [-0.15, -0.1) is 0 Å². The highest BCUT2D eigenvalue weighted by Crippen LogP contribution is 2.37. The fourth-order valence-corrected chi connectivity index (χ4v) is 4.10. The molecule has 0 bridgehead atoms. The molecular weight excluding hydrogens is 330 g/mol. The number of hydrogen-bond donors (Lipinski definition) is 0. The van der Waals surface area contributed by atoms with Crippen molar-refractivity contribution in [1.29, 1.82) is 0 Å². The normalized spacial score (nSPS) is 21.8. The van der Waals surface area contributed by atoms with Gasteiger partial charge < -0.3 is 14.2 Å². The number of methoxy groups -OCH3 is 1. The summed E-state index contributed by atoms with van der Waals surface area (Å²) < 4.78 is 18.8. The van der Waals surface area contributed by atoms with E-state index >= 15 is 0 Å². The van der Waals surface area contributed by atoms with Crippen molar-refractivity contribution in [2.75, 3.05) is 27.1 Å². The molecule has 3 aliphatic rings. The van der Waals surface area contributed by atoms with Crippen molar-refractivity contribution in [2.24, 2.45) is 5.92 Å². The fourth-order valence-electron chi connectivity index (χ4n) is 4.10. The van der Waals surface area contributed by atoms with Gasteiger partial charge in [-0.1, -0.05) is 6.07 Å². The van der Waals surface area contributed by atoms with Crippen LogP contribution < -0.4 is 9.47 Å². The highest BCUT2D eigenvalue weighted by Gasteiger charge is 2.33. The molecule has 138 valence electrons. The number of fused-ring (bicyclic) bond motifs is 2. The van der Waals surface area contributed by atoms with Gasteiger partial charge in [-0.25, -0.2) is 0 Å². The van der Waals surface area contributed by atoms with Crippen LogP contribution in [0.1, 0.15) is 35.7 Å². The second kappa shape index (κ2) is 6.59. The molecule has 2 aromatic rings. The van der Waals surface area contributed by atoms with Crippen molar-refractivity contribution in [3.05, 3.63) is 41.2 Å². The van der Waals surface area contributed by atoms with E-state index in [9.17, 15) is 0 Å². The van der Waals surface area contributed by atoms with Crippen molar-refractivity contribution >= 4 is 0 Å². The second-order valence-electron chi connectivity index (χ2n) is 7.56. The lowest BCUT2D eigenvalue weighted by molar-refractivity contribution is 0.0725. The van der Waals surface area contributed by atoms with Crippen LogP contribution in [-0.4, -0.2) is 41.7 Å². The van der Waals surface area contributed by atoms with Gasteiger partial charge in [-0.3, -0.25) is 9.58 Å². The molecule has 0 spiro atoms. The van der Waals surface area contributed by atoms with E-state index in [0.717, 1.165) is 43.5 Å². The molecule has 6 heteroatoms. The Morgan fingerprint density at radius 3 is 2.96 bits per heavy atom. The van der Waals surface area contributed by atoms with Crippen LogP contribution in [0.3, 0.4) is 0 Å². The third-order valence-corrected chi connectivity index (χ3v) is 5.66. The van der Waals surface area contributed by atoms with Gasteiger partial charge in [0.25, 0.3) is 0 Å². The van der Waals surface area contributed by atoms with Gasteiger partial charge in [0.1, 0.15) is 0 Å². The topological polar surface area (TPSA) is 48.8 Å². The molecular formula is C20H25N3O3. The predicted molar refractivity (Wildman–Crippen MR) is 96.2 cm³/mol. The zero-order valence-corrected chi connectivity index (χ0v) is 15.2. The van der Waals surface area contributed by atoms with Gasteiger partial charge in [0, 0.05) is 26.7 Å². The minimum absolute atomic E-state index is 0.246. The van der Waals surface area contributed by atoms with Crippen LogP contribution in [0.25, 0.3) is 0 Å². The average Bonchev–Trinajstić information content (AvgIpc) is 3.18. The highest BCUT2D eigenvalue weighted by molar-refractivity contribution is 5.44. The number of benzene rings is 1. The van der Waals surface area contributed by atoms with E-state index in [4.69, 9.17) is 19.3 Å². The third kappa shape index (κ3) is 2.97. The molecule has 0 saturated heterocycles. The molecule has 26 heavy (non-hydrogen) atoms. The molecule has 2 aliphatic heterocycles. The van der Waals surface area contributed by atoms with Crippen molar-refractivity contribution in [2.45, 2.75) is 38.4 Å². The standard InChI is InChI=1S/C20H25N3O3/c1-24-12-17-20-16(9-21-23(20)11-14-2-3-14)6-7-22(17)10-15-4-5-18-19(8-15)26-13-25-18/h4-5,8-9,14,17H,2-3,6-7,10-13H2,1H3/t17-/m0/s1. The number of aromatic nitrogens is 2. The molecule has 0 radical (unpaired) electrons. The van der Waals surface area contributed by atoms with Gasteiger partial charge >= 0.3 is 0 Å². The van der Waals surface area contributed by atoms with Crippen LogP contribution in [-0.2, 0) is 24.2 Å². The molecule has 1 atom stereocenters. The average molecular weight is 355 g/mol. The molecule has 0 unspecified atom stereocenters. The van der Waals surface area contributed by atoms with Gasteiger partial charge in [0.2, 0.25) is 6.79 Å². The first kappa shape index (κ1) is 16.1. The summed E-state index contributed by atoms with van der Waals surface area (Å²) >= 11 is 0. The Morgan fingerprint density at radius 1 is 1.23 bits per heavy atom. The van der Waals surface area contributed by atoms with E-state index in [1.165, 1.54) is 29.7 Å². The zero-order chi connectivity index (χ0) is 17.5. The highest BCUT2D eigenvalue weighted by atomic mass is 16.7. The summed E-state index contributed by atoms with van der Waals surface area (Å²) in [6.07, 6.45) is 5.79. The maximum absolute atomic E-state index is 5.60. The van der Waals surface area contributed by atoms with Crippen LogP contribution in [0.2, 0.25) is 0 Å². The molecule has 5 rings (SSSR count). The molecule has 1 aliphatic carbocycles. The molecule has 1 saturated carbocycles. The van der Waals surface area contributed by atoms with Gasteiger partial charge in [-0.05, 0) is 48.4 Å². The van der Waals surface area contributed by atoms with E-state index in [-0.39, 0.29) is 6.04 Å². The Kier molecular flexibility index (Phi) is 4.10. The number of ether oxygens (including phenoxy) is 3. The Morgan fingerprint density at radius 2 is 2.12 bits per heavy atom. The Hall–Kier alpha value is -2.05. The molecule has 6 nitrogen and oxygen atoms in total. The summed E-state index contributed by atoms with van der Waals surface area (Å²) in [6.45, 7) is 3.95. The Labute approximate surface area is 153 Å². The maximum Gasteiger partial charge on any atom is 0.231 e. The largest absolute Gasteiger partial charge is 0.454 e. The van der Waals surface area contributed by atoms with E-state index in [1.807, 2.05) is 6.07 Å². The first-order valence-electron chi connectivity index (χ1n) is 9.48. The summed E-state index contributed by atoms with van der Waals surface area (Å²) in [5.41, 5.74) is 3.98. The molecule has 1 aromatic heterocycles. The summed E-state index contributed by atoms with van der Waals surface area (Å²) in [4.78, 5) is 2.51. The molecule has 3 heterocycles. The first-order valence-corrected chi connectivity index (χ1v) is 9.48. The first-order chi connectivity index (χ1) is 12.8. The van der Waals surface area contributed by atoms with Gasteiger partial charge in [0.15, 0.2) is 11.5 Å². The smallest absolute Gasteiger partial charge is 0.231 e. The second-order valence-corrected chi connectivity index (χ2v) is 7.56. The Balaban J connectivity index is 1.40. The maximum atomic E-state index is 5.60. The summed E-state index contributed by atoms with van der Waals surface area (Å²) in [7, 11) is 1.79. The van der Waals surface area contributed by atoms with Crippen LogP contribution in [0, 0.1) is 5.92 Å². The van der Waals surface area contributed by atoms with Crippen LogP contribution in [0.4, 0.5) is 0 Å². The van der Waals surface area contributed by atoms with Crippen molar-refractivity contribution < 1.29 is 14.2 Å². The molecule has 1 aromatic carbocycles. The summed E-state index contributed by atoms with van der Waals surface area (Å²) in [5.74, 6) is 2.50. The molecule has 0 amide bonds. The lowest BCUT2D eigenvalue weighted by Gasteiger charge is -2.36. The van der Waals surface area contributed by atoms with E-state index < -0.39 is 0 Å². The SMILES string of the molecule is COC[C@H]1c2c(cnn2CC2CC2)CCN1Cc1ccc2c(c1)OCO2. The zero-order valence-electron chi connectivity index (χ0n) is 15.2. The third-order valence-electron chi connectivity index (χ3n) is 5.66. The lowest BCUT2D eigenvalue weighted by atomic mass is 9.99. The summed E-state index contributed by atoms with van der Waals surface area (Å²) in [5, 5.41) is 4.70. The van der Waals surface area contributed by atoms with Crippen LogP contribution >= 0.6 is 0 Å². The van der Waals surface area contributed by atoms with Crippen molar-refractivity contribution in [3.8, 4) is 11.5 Å². The van der Waals surface area contributed by atoms with E-state index in [0.29, 0.717) is 13.4 Å². The van der Waals surface area contributed by atoms with E-state index in [1.54, 1.807) is 7.11 Å². The number of nitrogens with zero attached hydrogens (tertiary/aromatic N) is 3. The molecule has 1 fully saturated rings. The van der Waals surface area contributed by atoms with Crippen LogP contribution in [0.15, 0.2) is 24.4 Å². The number of hydrogen-bond acceptors (Lipinski definition) is 5. The van der Waals surface area contributed by atoms with Gasteiger partial charge in [0.05, 0.1) is 24.5 Å². The summed E-state index contributed by atoms with van der Waals surface area (Å²) in [6, 6.07) is 6.49. The minimum Gasteiger partial charge on any atom is -0.454 e. The minimum atomic E-state index is 0.246. The Bertz CT molecular complexity index is 800. The van der Waals surface area contributed by atoms with Crippen molar-refractivity contribution in [1.82, 2.24) is 14.7 Å². The fraction of sp³-hybridized carbons (Fsp3) is 0.550. The van der Waals surface area contributed by atoms with Crippen LogP contribution in [0.5, 0.6) is 11.5 Å².